The van der Waals surface area contributed by atoms with E-state index in [4.69, 9.17) is 5.73 Å². The van der Waals surface area contributed by atoms with Crippen LogP contribution in [-0.2, 0) is 0 Å². The number of amides is 1. The van der Waals surface area contributed by atoms with Gasteiger partial charge in [0.1, 0.15) is 0 Å². The van der Waals surface area contributed by atoms with Crippen molar-refractivity contribution in [1.82, 2.24) is 20.3 Å². The molecule has 1 amide bonds. The first kappa shape index (κ1) is 12.4. The van der Waals surface area contributed by atoms with Crippen molar-refractivity contribution < 1.29 is 4.79 Å². The highest BCUT2D eigenvalue weighted by molar-refractivity contribution is 5.98. The summed E-state index contributed by atoms with van der Waals surface area (Å²) in [6.45, 7) is 0.725. The van der Waals surface area contributed by atoms with Crippen LogP contribution in [-0.4, -0.2) is 27.4 Å². The Morgan fingerprint density at radius 2 is 2.19 bits per heavy atom. The first-order valence-corrected chi connectivity index (χ1v) is 7.32. The van der Waals surface area contributed by atoms with E-state index in [9.17, 15) is 4.79 Å². The van der Waals surface area contributed by atoms with Crippen LogP contribution in [0.25, 0.3) is 11.4 Å². The van der Waals surface area contributed by atoms with E-state index in [2.05, 4.69) is 20.3 Å². The van der Waals surface area contributed by atoms with Gasteiger partial charge in [0.2, 0.25) is 5.95 Å². The fourth-order valence-electron chi connectivity index (χ4n) is 3.26. The molecule has 3 heterocycles. The van der Waals surface area contributed by atoms with E-state index in [0.717, 1.165) is 29.2 Å². The van der Waals surface area contributed by atoms with Crippen LogP contribution in [0.3, 0.4) is 0 Å². The third-order valence-electron chi connectivity index (χ3n) is 4.62. The van der Waals surface area contributed by atoms with Crippen molar-refractivity contribution in [1.29, 1.82) is 0 Å². The summed E-state index contributed by atoms with van der Waals surface area (Å²) >= 11 is 0. The molecule has 6 heteroatoms. The van der Waals surface area contributed by atoms with Crippen LogP contribution < -0.4 is 11.1 Å². The fraction of sp³-hybridized carbons (Fsp3) is 0.400. The second-order valence-corrected chi connectivity index (χ2v) is 5.82. The molecule has 1 atom stereocenters. The zero-order chi connectivity index (χ0) is 14.4. The Balaban J connectivity index is 1.77. The Morgan fingerprint density at radius 3 is 2.90 bits per heavy atom. The third-order valence-corrected chi connectivity index (χ3v) is 4.62. The number of nitrogens with zero attached hydrogens (tertiary/aromatic N) is 2. The summed E-state index contributed by atoms with van der Waals surface area (Å²) in [4.78, 5) is 23.6. The maximum absolute atomic E-state index is 12.1. The Hall–Kier alpha value is -2.37. The van der Waals surface area contributed by atoms with Crippen molar-refractivity contribution in [3.63, 3.8) is 0 Å². The lowest BCUT2D eigenvalue weighted by Gasteiger charge is -2.36. The van der Waals surface area contributed by atoms with Crippen LogP contribution in [0.5, 0.6) is 0 Å². The van der Waals surface area contributed by atoms with E-state index in [1.54, 1.807) is 12.3 Å². The van der Waals surface area contributed by atoms with E-state index in [-0.39, 0.29) is 11.9 Å². The molecule has 0 aromatic carbocycles. The summed E-state index contributed by atoms with van der Waals surface area (Å²) in [5.41, 5.74) is 8.98. The summed E-state index contributed by atoms with van der Waals surface area (Å²) in [5.74, 6) is 1.29. The Kier molecular flexibility index (Phi) is 2.70. The van der Waals surface area contributed by atoms with Gasteiger partial charge in [-0.05, 0) is 30.9 Å². The van der Waals surface area contributed by atoms with Gasteiger partial charge in [-0.1, -0.05) is 6.42 Å². The number of anilines is 1. The number of nitrogens with one attached hydrogen (secondary N) is 2. The van der Waals surface area contributed by atoms with Gasteiger partial charge in [0, 0.05) is 24.4 Å². The molecule has 2 aliphatic rings. The first-order chi connectivity index (χ1) is 10.2. The standard InChI is InChI=1S/C15H17N5O/c16-15-17-5-4-11(20-15)12-6-9-13(19-12)10(7-18-14(9)21)8-2-1-3-8/h4-6,8,10,19H,1-3,7H2,(H,18,21)(H2,16,17,20). The van der Waals surface area contributed by atoms with Crippen LogP contribution in [0.2, 0.25) is 0 Å². The highest BCUT2D eigenvalue weighted by atomic mass is 16.1. The van der Waals surface area contributed by atoms with E-state index in [1.807, 2.05) is 6.07 Å². The maximum Gasteiger partial charge on any atom is 0.253 e. The van der Waals surface area contributed by atoms with Gasteiger partial charge in [-0.25, -0.2) is 9.97 Å². The molecule has 2 aromatic heterocycles. The van der Waals surface area contributed by atoms with Crippen LogP contribution in [0, 0.1) is 5.92 Å². The monoisotopic (exact) mass is 283 g/mol. The molecule has 1 aliphatic carbocycles. The van der Waals surface area contributed by atoms with Crippen molar-refractivity contribution in [2.24, 2.45) is 5.92 Å². The molecule has 1 fully saturated rings. The van der Waals surface area contributed by atoms with Gasteiger partial charge < -0.3 is 16.0 Å². The quantitative estimate of drug-likeness (QED) is 0.781. The molecule has 108 valence electrons. The zero-order valence-electron chi connectivity index (χ0n) is 11.6. The average Bonchev–Trinajstić information content (AvgIpc) is 2.86. The summed E-state index contributed by atoms with van der Waals surface area (Å²) < 4.78 is 0. The topological polar surface area (TPSA) is 96.7 Å². The Labute approximate surface area is 122 Å². The molecule has 1 aliphatic heterocycles. The molecule has 0 radical (unpaired) electrons. The number of fused-ring (bicyclic) bond motifs is 1. The second-order valence-electron chi connectivity index (χ2n) is 5.82. The van der Waals surface area contributed by atoms with E-state index >= 15 is 0 Å². The number of hydrogen-bond donors (Lipinski definition) is 3. The number of nitrogens with two attached hydrogens (primary N) is 1. The number of aromatic nitrogens is 3. The maximum atomic E-state index is 12.1. The van der Waals surface area contributed by atoms with E-state index < -0.39 is 0 Å². The molecule has 4 N–H and O–H groups in total. The largest absolute Gasteiger partial charge is 0.368 e. The molecular weight excluding hydrogens is 266 g/mol. The van der Waals surface area contributed by atoms with Gasteiger partial charge in [0.15, 0.2) is 0 Å². The Bertz CT molecular complexity index is 704. The molecule has 21 heavy (non-hydrogen) atoms. The predicted molar refractivity (Wildman–Crippen MR) is 78.6 cm³/mol. The summed E-state index contributed by atoms with van der Waals surface area (Å²) in [5, 5.41) is 3.00. The van der Waals surface area contributed by atoms with Crippen LogP contribution in [0.1, 0.15) is 41.2 Å². The number of carbonyl (C=O) groups is 1. The van der Waals surface area contributed by atoms with Crippen molar-refractivity contribution in [3.8, 4) is 11.4 Å². The summed E-state index contributed by atoms with van der Waals surface area (Å²) in [6, 6.07) is 3.67. The minimum absolute atomic E-state index is 0.00917. The normalized spacial score (nSPS) is 21.5. The smallest absolute Gasteiger partial charge is 0.253 e. The summed E-state index contributed by atoms with van der Waals surface area (Å²) in [6.07, 6.45) is 5.41. The molecule has 2 aromatic rings. The number of carbonyl (C=O) groups excluding carboxylic acids is 1. The molecule has 0 saturated heterocycles. The lowest BCUT2D eigenvalue weighted by atomic mass is 9.73. The Morgan fingerprint density at radius 1 is 1.33 bits per heavy atom. The SMILES string of the molecule is Nc1nccc(-c2cc3c([nH]2)C(C2CCC2)CNC3=O)n1. The van der Waals surface area contributed by atoms with Gasteiger partial charge in [-0.15, -0.1) is 0 Å². The molecular formula is C15H17N5O. The van der Waals surface area contributed by atoms with Gasteiger partial charge in [-0.2, -0.15) is 0 Å². The lowest BCUT2D eigenvalue weighted by Crippen LogP contribution is -2.39. The van der Waals surface area contributed by atoms with E-state index in [0.29, 0.717) is 11.8 Å². The second kappa shape index (κ2) is 4.58. The third kappa shape index (κ3) is 1.98. The van der Waals surface area contributed by atoms with Crippen LogP contribution in [0.15, 0.2) is 18.3 Å². The summed E-state index contributed by atoms with van der Waals surface area (Å²) in [7, 11) is 0. The predicted octanol–water partition coefficient (Wildman–Crippen LogP) is 1.68. The molecule has 0 spiro atoms. The van der Waals surface area contributed by atoms with Gasteiger partial charge in [-0.3, -0.25) is 4.79 Å². The van der Waals surface area contributed by atoms with Crippen molar-refractivity contribution in [2.45, 2.75) is 25.2 Å². The average molecular weight is 283 g/mol. The fourth-order valence-corrected chi connectivity index (χ4v) is 3.26. The number of aromatic amines is 1. The molecule has 1 saturated carbocycles. The lowest BCUT2D eigenvalue weighted by molar-refractivity contribution is 0.0926. The van der Waals surface area contributed by atoms with Gasteiger partial charge in [0.05, 0.1) is 17.0 Å². The van der Waals surface area contributed by atoms with Crippen molar-refractivity contribution in [3.05, 3.63) is 29.6 Å². The zero-order valence-corrected chi connectivity index (χ0v) is 11.6. The number of H-pyrrole nitrogens is 1. The highest BCUT2D eigenvalue weighted by Crippen LogP contribution is 2.41. The molecule has 1 unspecified atom stereocenters. The molecule has 4 rings (SSSR count). The molecule has 6 nitrogen and oxygen atoms in total. The highest BCUT2D eigenvalue weighted by Gasteiger charge is 2.35. The minimum Gasteiger partial charge on any atom is -0.368 e. The minimum atomic E-state index is -0.00917. The van der Waals surface area contributed by atoms with Gasteiger partial charge in [0.25, 0.3) is 5.91 Å². The van der Waals surface area contributed by atoms with Crippen LogP contribution in [0.4, 0.5) is 5.95 Å². The number of nitrogen functional groups attached to an aromatic ring is 1. The van der Waals surface area contributed by atoms with E-state index in [1.165, 1.54) is 19.3 Å². The van der Waals surface area contributed by atoms with Crippen LogP contribution >= 0.6 is 0 Å². The van der Waals surface area contributed by atoms with Crippen molar-refractivity contribution in [2.75, 3.05) is 12.3 Å². The number of rotatable bonds is 2. The first-order valence-electron chi connectivity index (χ1n) is 7.32. The van der Waals surface area contributed by atoms with Gasteiger partial charge >= 0.3 is 0 Å². The molecule has 0 bridgehead atoms. The number of hydrogen-bond acceptors (Lipinski definition) is 4. The van der Waals surface area contributed by atoms with Crippen molar-refractivity contribution >= 4 is 11.9 Å².